The highest BCUT2D eigenvalue weighted by atomic mass is 31.2. The number of phosphoric ester groups is 1. The van der Waals surface area contributed by atoms with Crippen molar-refractivity contribution in [2.75, 3.05) is 6.79 Å². The number of phosphoric acid groups is 1. The third kappa shape index (κ3) is 4.88. The van der Waals surface area contributed by atoms with E-state index >= 15 is 4.57 Å². The Labute approximate surface area is 300 Å². The van der Waals surface area contributed by atoms with E-state index in [0.717, 1.165) is 43.1 Å². The van der Waals surface area contributed by atoms with Gasteiger partial charge in [-0.15, -0.1) is 0 Å². The van der Waals surface area contributed by atoms with Gasteiger partial charge in [0.2, 0.25) is 0 Å². The fourth-order valence-electron chi connectivity index (χ4n) is 8.39. The molecule has 10 rings (SSSR count). The van der Waals surface area contributed by atoms with Crippen LogP contribution in [0, 0.1) is 0 Å². The summed E-state index contributed by atoms with van der Waals surface area (Å²) in [6, 6.07) is 56.0. The average molecular weight is 701 g/mol. The summed E-state index contributed by atoms with van der Waals surface area (Å²) in [5.74, 6) is 0. The standard InChI is InChI=1S/C45H33O6P/c46-52(47)50-44(38-21-17-30-9-1-5-13-34(30)25-38,39-22-18-31-10-2-6-14-35(31)26-39)42-43(49-29-48-42)45(51-52,40-23-19-32-11-3-7-15-36(32)27-40)41-24-20-33-12-4-8-16-37(33)28-41/h1-28,42-43H,29H2,(H,46,47)/t42-,43-/m1/s1. The summed E-state index contributed by atoms with van der Waals surface area (Å²) in [6.07, 6.45) is -1.90. The van der Waals surface area contributed by atoms with Crippen LogP contribution in [0.25, 0.3) is 43.1 Å². The highest BCUT2D eigenvalue weighted by molar-refractivity contribution is 7.47. The Balaban J connectivity index is 1.30. The van der Waals surface area contributed by atoms with Crippen LogP contribution < -0.4 is 0 Å². The molecular weight excluding hydrogens is 667 g/mol. The lowest BCUT2D eigenvalue weighted by Gasteiger charge is -2.41. The van der Waals surface area contributed by atoms with E-state index in [-0.39, 0.29) is 6.79 Å². The predicted octanol–water partition coefficient (Wildman–Crippen LogP) is 10.4. The molecule has 0 amide bonds. The summed E-state index contributed by atoms with van der Waals surface area (Å²) in [7, 11) is -4.99. The predicted molar refractivity (Wildman–Crippen MR) is 204 cm³/mol. The Morgan fingerprint density at radius 2 is 0.692 bits per heavy atom. The van der Waals surface area contributed by atoms with Gasteiger partial charge in [0, 0.05) is 0 Å². The van der Waals surface area contributed by atoms with Gasteiger partial charge in [-0.3, -0.25) is 9.05 Å². The van der Waals surface area contributed by atoms with Crippen molar-refractivity contribution in [1.29, 1.82) is 0 Å². The number of benzene rings is 8. The van der Waals surface area contributed by atoms with Gasteiger partial charge in [0.25, 0.3) is 0 Å². The molecule has 7 heteroatoms. The van der Waals surface area contributed by atoms with E-state index in [2.05, 4.69) is 0 Å². The van der Waals surface area contributed by atoms with Crippen molar-refractivity contribution in [3.63, 3.8) is 0 Å². The van der Waals surface area contributed by atoms with E-state index in [9.17, 15) is 4.89 Å². The number of fused-ring (bicyclic) bond motifs is 5. The Hall–Kier alpha value is -5.17. The summed E-state index contributed by atoms with van der Waals surface area (Å²) in [6.45, 7) is -0.0798. The number of hydrogen-bond donors (Lipinski definition) is 1. The molecule has 1 N–H and O–H groups in total. The first-order chi connectivity index (χ1) is 25.4. The van der Waals surface area contributed by atoms with E-state index in [1.807, 2.05) is 170 Å². The van der Waals surface area contributed by atoms with Crippen LogP contribution in [0.5, 0.6) is 0 Å². The van der Waals surface area contributed by atoms with Crippen LogP contribution in [0.2, 0.25) is 0 Å². The molecule has 0 aliphatic carbocycles. The van der Waals surface area contributed by atoms with Gasteiger partial charge in [-0.25, -0.2) is 4.57 Å². The Bertz CT molecular complexity index is 2380. The van der Waals surface area contributed by atoms with Gasteiger partial charge in [0.15, 0.2) is 11.2 Å². The summed E-state index contributed by atoms with van der Waals surface area (Å²) < 4.78 is 41.9. The van der Waals surface area contributed by atoms with Gasteiger partial charge < -0.3 is 14.4 Å². The van der Waals surface area contributed by atoms with E-state index in [1.54, 1.807) is 0 Å². The van der Waals surface area contributed by atoms with Crippen molar-refractivity contribution in [3.05, 3.63) is 192 Å². The molecule has 2 heterocycles. The maximum atomic E-state index is 15.1. The van der Waals surface area contributed by atoms with Crippen molar-refractivity contribution in [2.24, 2.45) is 0 Å². The zero-order valence-corrected chi connectivity index (χ0v) is 28.9. The lowest BCUT2D eigenvalue weighted by molar-refractivity contribution is -0.0574. The van der Waals surface area contributed by atoms with Crippen LogP contribution in [0.4, 0.5) is 0 Å². The van der Waals surface area contributed by atoms with Crippen LogP contribution >= 0.6 is 7.82 Å². The maximum absolute atomic E-state index is 15.1. The summed E-state index contributed by atoms with van der Waals surface area (Å²) in [5.41, 5.74) is -0.704. The van der Waals surface area contributed by atoms with Crippen LogP contribution in [0.1, 0.15) is 22.3 Å². The lowest BCUT2D eigenvalue weighted by atomic mass is 9.71. The highest BCUT2D eigenvalue weighted by Crippen LogP contribution is 2.66. The van der Waals surface area contributed by atoms with Crippen LogP contribution in [0.15, 0.2) is 170 Å². The molecule has 2 aliphatic heterocycles. The van der Waals surface area contributed by atoms with E-state index in [0.29, 0.717) is 22.3 Å². The zero-order valence-electron chi connectivity index (χ0n) is 28.0. The fraction of sp³-hybridized carbons (Fsp3) is 0.111. The molecule has 0 saturated carbocycles. The molecule has 0 unspecified atom stereocenters. The second kappa shape index (κ2) is 11.9. The summed E-state index contributed by atoms with van der Waals surface area (Å²) in [4.78, 5) is 12.3. The minimum Gasteiger partial charge on any atom is -0.346 e. The van der Waals surface area contributed by atoms with E-state index in [1.165, 1.54) is 0 Å². The van der Waals surface area contributed by atoms with Gasteiger partial charge in [-0.2, -0.15) is 0 Å². The molecule has 2 saturated heterocycles. The molecule has 2 fully saturated rings. The van der Waals surface area contributed by atoms with Gasteiger partial charge in [-0.1, -0.05) is 146 Å². The molecular formula is C45H33O6P. The normalized spacial score (nSPS) is 20.6. The second-order valence-corrected chi connectivity index (χ2v) is 15.0. The molecule has 2 aliphatic rings. The number of rotatable bonds is 4. The smallest absolute Gasteiger partial charge is 0.346 e. The largest absolute Gasteiger partial charge is 0.474 e. The summed E-state index contributed by atoms with van der Waals surface area (Å²) >= 11 is 0. The first-order valence-electron chi connectivity index (χ1n) is 17.4. The molecule has 52 heavy (non-hydrogen) atoms. The van der Waals surface area contributed by atoms with Crippen molar-refractivity contribution in [1.82, 2.24) is 0 Å². The molecule has 2 atom stereocenters. The summed E-state index contributed by atoms with van der Waals surface area (Å²) in [5, 5.41) is 7.91. The molecule has 254 valence electrons. The van der Waals surface area contributed by atoms with Crippen LogP contribution in [-0.4, -0.2) is 23.9 Å². The Kier molecular flexibility index (Phi) is 7.25. The quantitative estimate of drug-likeness (QED) is 0.184. The third-order valence-electron chi connectivity index (χ3n) is 10.8. The molecule has 0 spiro atoms. The van der Waals surface area contributed by atoms with Gasteiger partial charge >= 0.3 is 7.82 Å². The average Bonchev–Trinajstić information content (AvgIpc) is 3.66. The zero-order chi connectivity index (χ0) is 34.9. The number of hydrogen-bond acceptors (Lipinski definition) is 5. The SMILES string of the molecule is O=P1(O)OC(c2ccc3ccccc3c2)(c2ccc3ccccc3c2)[C@@H]2OCO[C@H]2C(c2ccc3ccccc3c2)(c2ccc3ccccc3c2)O1. The Morgan fingerprint density at radius 1 is 0.423 bits per heavy atom. The molecule has 6 nitrogen and oxygen atoms in total. The molecule has 8 aromatic carbocycles. The van der Waals surface area contributed by atoms with Crippen molar-refractivity contribution >= 4 is 50.9 Å². The van der Waals surface area contributed by atoms with Crippen LogP contribution in [-0.2, 0) is 34.3 Å². The van der Waals surface area contributed by atoms with Crippen LogP contribution in [0.3, 0.4) is 0 Å². The second-order valence-electron chi connectivity index (χ2n) is 13.7. The lowest BCUT2D eigenvalue weighted by Crippen LogP contribution is -2.53. The minimum absolute atomic E-state index is 0.0798. The number of ether oxygens (including phenoxy) is 2. The first kappa shape index (κ1) is 31.6. The molecule has 0 radical (unpaired) electrons. The monoisotopic (exact) mass is 700 g/mol. The van der Waals surface area contributed by atoms with Gasteiger partial charge in [-0.05, 0) is 89.6 Å². The highest BCUT2D eigenvalue weighted by Gasteiger charge is 2.66. The minimum atomic E-state index is -4.99. The molecule has 0 aromatic heterocycles. The van der Waals surface area contributed by atoms with E-state index < -0.39 is 31.2 Å². The van der Waals surface area contributed by atoms with E-state index in [4.69, 9.17) is 18.5 Å². The van der Waals surface area contributed by atoms with Gasteiger partial charge in [0.05, 0.1) is 0 Å². The molecule has 8 aromatic rings. The maximum Gasteiger partial charge on any atom is 0.474 e. The van der Waals surface area contributed by atoms with Crippen molar-refractivity contribution < 1.29 is 28.0 Å². The van der Waals surface area contributed by atoms with Crippen molar-refractivity contribution in [3.8, 4) is 0 Å². The molecule has 0 bridgehead atoms. The Morgan fingerprint density at radius 3 is 0.981 bits per heavy atom. The topological polar surface area (TPSA) is 74.2 Å². The third-order valence-corrected chi connectivity index (χ3v) is 11.8. The van der Waals surface area contributed by atoms with Crippen molar-refractivity contribution in [2.45, 2.75) is 23.4 Å². The fourth-order valence-corrected chi connectivity index (χ4v) is 9.79. The first-order valence-corrected chi connectivity index (χ1v) is 18.9. The van der Waals surface area contributed by atoms with Gasteiger partial charge in [0.1, 0.15) is 19.0 Å².